The lowest BCUT2D eigenvalue weighted by atomic mass is 10.1. The smallest absolute Gasteiger partial charge is 0.124 e. The summed E-state index contributed by atoms with van der Waals surface area (Å²) in [5, 5.41) is 6.70. The summed E-state index contributed by atoms with van der Waals surface area (Å²) in [6.45, 7) is 4.45. The molecule has 1 aromatic carbocycles. The number of piperidine rings is 1. The number of benzene rings is 1. The minimum absolute atomic E-state index is 1.01. The summed E-state index contributed by atoms with van der Waals surface area (Å²) >= 11 is 0. The highest BCUT2D eigenvalue weighted by atomic mass is 15.3. The van der Waals surface area contributed by atoms with Crippen molar-refractivity contribution in [3.63, 3.8) is 0 Å². The maximum absolute atomic E-state index is 3.48. The molecule has 1 aromatic heterocycles. The number of aromatic amines is 1. The molecule has 1 fully saturated rings. The Labute approximate surface area is 138 Å². The van der Waals surface area contributed by atoms with Gasteiger partial charge in [-0.1, -0.05) is 6.07 Å². The predicted octanol–water partition coefficient (Wildman–Crippen LogP) is 4.52. The number of hydrogen-bond acceptors (Lipinski definition) is 2. The highest BCUT2D eigenvalue weighted by molar-refractivity contribution is 5.60. The second-order valence-corrected chi connectivity index (χ2v) is 6.20. The Kier molecular flexibility index (Phi) is 4.91. The van der Waals surface area contributed by atoms with Crippen molar-refractivity contribution in [3.05, 3.63) is 54.2 Å². The van der Waals surface area contributed by atoms with Gasteiger partial charge in [0.2, 0.25) is 0 Å². The van der Waals surface area contributed by atoms with Crippen LogP contribution in [0.25, 0.3) is 0 Å². The lowest BCUT2D eigenvalue weighted by Gasteiger charge is -2.28. The van der Waals surface area contributed by atoms with Crippen LogP contribution in [0.3, 0.4) is 0 Å². The third-order valence-corrected chi connectivity index (χ3v) is 4.34. The largest absolute Gasteiger partial charge is 0.372 e. The van der Waals surface area contributed by atoms with Gasteiger partial charge >= 0.3 is 0 Å². The molecule has 0 unspecified atom stereocenters. The standard InChI is InChI=1S/C19H26N4/c1-16-6-11-19(22(2)20-13-12-16)21-17-7-9-18(10-8-17)23-14-4-3-5-15-23/h6-13,20-21H,3-5,14-15H2,1-2H3. The number of nitrogens with one attached hydrogen (secondary N) is 2. The molecule has 2 heterocycles. The van der Waals surface area contributed by atoms with E-state index in [0.717, 1.165) is 11.5 Å². The summed E-state index contributed by atoms with van der Waals surface area (Å²) in [4.78, 5) is 2.48. The number of rotatable bonds is 3. The van der Waals surface area contributed by atoms with E-state index in [-0.39, 0.29) is 0 Å². The first kappa shape index (κ1) is 15.5. The van der Waals surface area contributed by atoms with Crippen molar-refractivity contribution in [1.82, 2.24) is 9.78 Å². The van der Waals surface area contributed by atoms with Crippen LogP contribution in [0.2, 0.25) is 0 Å². The van der Waals surface area contributed by atoms with Crippen molar-refractivity contribution in [3.8, 4) is 0 Å². The zero-order valence-electron chi connectivity index (χ0n) is 14.0. The van der Waals surface area contributed by atoms with Crippen LogP contribution in [0.15, 0.2) is 48.7 Å². The van der Waals surface area contributed by atoms with Gasteiger partial charge in [0, 0.05) is 37.7 Å². The molecule has 4 heteroatoms. The zero-order chi connectivity index (χ0) is 16.1. The van der Waals surface area contributed by atoms with E-state index < -0.39 is 0 Å². The highest BCUT2D eigenvalue weighted by Crippen LogP contribution is 2.23. The summed E-state index contributed by atoms with van der Waals surface area (Å²) in [7, 11) is 2.00. The quantitative estimate of drug-likeness (QED) is 0.874. The molecule has 0 radical (unpaired) electrons. The molecule has 1 aliphatic rings. The number of hydrogen-bond donors (Lipinski definition) is 2. The van der Waals surface area contributed by atoms with E-state index in [0.29, 0.717) is 0 Å². The van der Waals surface area contributed by atoms with Crippen LogP contribution in [-0.2, 0) is 7.05 Å². The Bertz CT molecular complexity index is 674. The zero-order valence-corrected chi connectivity index (χ0v) is 14.0. The van der Waals surface area contributed by atoms with Gasteiger partial charge in [-0.15, -0.1) is 0 Å². The third kappa shape index (κ3) is 4.09. The van der Waals surface area contributed by atoms with E-state index in [2.05, 4.69) is 64.7 Å². The van der Waals surface area contributed by atoms with E-state index in [4.69, 9.17) is 0 Å². The fourth-order valence-corrected chi connectivity index (χ4v) is 2.91. The predicted molar refractivity (Wildman–Crippen MR) is 97.9 cm³/mol. The Morgan fingerprint density at radius 3 is 2.39 bits per heavy atom. The third-order valence-electron chi connectivity index (χ3n) is 4.34. The number of nitrogens with zero attached hydrogens (tertiary/aromatic N) is 2. The second-order valence-electron chi connectivity index (χ2n) is 6.20. The summed E-state index contributed by atoms with van der Waals surface area (Å²) in [6, 6.07) is 15.0. The maximum Gasteiger partial charge on any atom is 0.124 e. The molecule has 0 atom stereocenters. The monoisotopic (exact) mass is 310 g/mol. The number of aryl methyl sites for hydroxylation is 2. The average molecular weight is 310 g/mol. The molecule has 3 rings (SSSR count). The lowest BCUT2D eigenvalue weighted by molar-refractivity contribution is 0.578. The van der Waals surface area contributed by atoms with Gasteiger partial charge in [-0.05, 0) is 68.1 Å². The Balaban J connectivity index is 1.77. The van der Waals surface area contributed by atoms with E-state index in [1.165, 1.54) is 43.6 Å². The van der Waals surface area contributed by atoms with Gasteiger partial charge in [-0.2, -0.15) is 0 Å². The summed E-state index contributed by atoms with van der Waals surface area (Å²) in [5.74, 6) is 1.01. The number of anilines is 3. The highest BCUT2D eigenvalue weighted by Gasteiger charge is 2.10. The van der Waals surface area contributed by atoms with Crippen molar-refractivity contribution < 1.29 is 0 Å². The van der Waals surface area contributed by atoms with Gasteiger partial charge < -0.3 is 15.3 Å². The molecule has 1 aliphatic heterocycles. The van der Waals surface area contributed by atoms with E-state index >= 15 is 0 Å². The van der Waals surface area contributed by atoms with E-state index in [1.807, 2.05) is 17.9 Å². The Morgan fingerprint density at radius 1 is 0.913 bits per heavy atom. The first-order valence-electron chi connectivity index (χ1n) is 8.39. The molecule has 1 saturated heterocycles. The number of aromatic nitrogens is 2. The van der Waals surface area contributed by atoms with Gasteiger partial charge in [0.1, 0.15) is 5.82 Å². The van der Waals surface area contributed by atoms with Crippen LogP contribution in [0, 0.1) is 6.92 Å². The van der Waals surface area contributed by atoms with Crippen LogP contribution in [0.4, 0.5) is 17.2 Å². The molecule has 4 nitrogen and oxygen atoms in total. The molecule has 0 bridgehead atoms. The van der Waals surface area contributed by atoms with Crippen molar-refractivity contribution in [2.45, 2.75) is 26.2 Å². The first-order chi connectivity index (χ1) is 11.2. The minimum atomic E-state index is 1.01. The first-order valence-corrected chi connectivity index (χ1v) is 8.39. The SMILES string of the molecule is Cc1cc[nH]n(C)c(Nc2ccc(N3CCCCC3)cc2)cc1. The molecular formula is C19H26N4. The van der Waals surface area contributed by atoms with Crippen LogP contribution in [0.1, 0.15) is 24.8 Å². The normalized spacial score (nSPS) is 14.4. The van der Waals surface area contributed by atoms with Gasteiger partial charge in [-0.25, -0.2) is 0 Å². The molecular weight excluding hydrogens is 284 g/mol. The van der Waals surface area contributed by atoms with Crippen LogP contribution >= 0.6 is 0 Å². The maximum atomic E-state index is 3.48. The fraction of sp³-hybridized carbons (Fsp3) is 0.368. The average Bonchev–Trinajstić information content (AvgIpc) is 2.58. The van der Waals surface area contributed by atoms with Gasteiger partial charge in [0.25, 0.3) is 0 Å². The molecule has 23 heavy (non-hydrogen) atoms. The summed E-state index contributed by atoms with van der Waals surface area (Å²) in [6.07, 6.45) is 5.93. The Morgan fingerprint density at radius 2 is 1.65 bits per heavy atom. The molecule has 0 saturated carbocycles. The number of H-pyrrole nitrogens is 1. The van der Waals surface area contributed by atoms with Crippen molar-refractivity contribution >= 4 is 17.2 Å². The van der Waals surface area contributed by atoms with Crippen molar-refractivity contribution in [2.75, 3.05) is 23.3 Å². The summed E-state index contributed by atoms with van der Waals surface area (Å²) < 4.78 is 1.97. The molecule has 0 spiro atoms. The molecule has 0 aliphatic carbocycles. The van der Waals surface area contributed by atoms with Gasteiger partial charge in [0.05, 0.1) is 0 Å². The molecule has 122 valence electrons. The second kappa shape index (κ2) is 7.27. The van der Waals surface area contributed by atoms with Crippen LogP contribution < -0.4 is 10.2 Å². The Hall–Kier alpha value is -2.36. The fourth-order valence-electron chi connectivity index (χ4n) is 2.91. The van der Waals surface area contributed by atoms with E-state index in [1.54, 1.807) is 0 Å². The molecule has 0 amide bonds. The molecule has 2 aromatic rings. The van der Waals surface area contributed by atoms with Crippen LogP contribution in [0.5, 0.6) is 0 Å². The van der Waals surface area contributed by atoms with Crippen molar-refractivity contribution in [2.24, 2.45) is 7.05 Å². The topological polar surface area (TPSA) is 36.0 Å². The van der Waals surface area contributed by atoms with Crippen LogP contribution in [-0.4, -0.2) is 22.9 Å². The summed E-state index contributed by atoms with van der Waals surface area (Å²) in [5.41, 5.74) is 3.64. The molecule has 2 N–H and O–H groups in total. The lowest BCUT2D eigenvalue weighted by Crippen LogP contribution is -2.29. The van der Waals surface area contributed by atoms with Gasteiger partial charge in [-0.3, -0.25) is 4.68 Å². The van der Waals surface area contributed by atoms with E-state index in [9.17, 15) is 0 Å². The van der Waals surface area contributed by atoms with Gasteiger partial charge in [0.15, 0.2) is 0 Å². The minimum Gasteiger partial charge on any atom is -0.372 e. The van der Waals surface area contributed by atoms with Crippen molar-refractivity contribution in [1.29, 1.82) is 0 Å².